The normalized spacial score (nSPS) is 10.9. The Morgan fingerprint density at radius 1 is 1.40 bits per heavy atom. The molecule has 20 heavy (non-hydrogen) atoms. The topological polar surface area (TPSA) is 66.5 Å². The molecule has 1 aromatic rings. The molecule has 0 spiro atoms. The first kappa shape index (κ1) is 16.5. The van der Waals surface area contributed by atoms with Crippen LogP contribution in [0.15, 0.2) is 41.8 Å². The molecular formula is C13H17ClN2O3S. The minimum atomic E-state index is -3.92. The summed E-state index contributed by atoms with van der Waals surface area (Å²) in [6, 6.07) is 4.98. The predicted octanol–water partition coefficient (Wildman–Crippen LogP) is 2.64. The van der Waals surface area contributed by atoms with Crippen molar-refractivity contribution in [3.8, 4) is 0 Å². The summed E-state index contributed by atoms with van der Waals surface area (Å²) in [6.45, 7) is 5.67. The smallest absolute Gasteiger partial charge is 0.331 e. The maximum atomic E-state index is 12.4. The second-order valence-corrected chi connectivity index (χ2v) is 6.31. The van der Waals surface area contributed by atoms with Gasteiger partial charge in [0, 0.05) is 11.6 Å². The van der Waals surface area contributed by atoms with E-state index in [0.717, 1.165) is 4.31 Å². The van der Waals surface area contributed by atoms with Crippen LogP contribution in [0, 0.1) is 0 Å². The summed E-state index contributed by atoms with van der Waals surface area (Å²) in [5.74, 6) is 0. The van der Waals surface area contributed by atoms with Gasteiger partial charge in [-0.3, -0.25) is 0 Å². The lowest BCUT2D eigenvalue weighted by molar-refractivity contribution is 0.225. The Bertz CT molecular complexity index is 570. The highest BCUT2D eigenvalue weighted by atomic mass is 35.5. The molecule has 110 valence electrons. The van der Waals surface area contributed by atoms with Crippen molar-refractivity contribution in [3.63, 3.8) is 0 Å². The van der Waals surface area contributed by atoms with Gasteiger partial charge in [0.25, 0.3) is 10.0 Å². The lowest BCUT2D eigenvalue weighted by Gasteiger charge is -2.21. The van der Waals surface area contributed by atoms with Gasteiger partial charge in [-0.1, -0.05) is 24.6 Å². The van der Waals surface area contributed by atoms with E-state index in [0.29, 0.717) is 18.0 Å². The molecule has 0 aliphatic rings. The largest absolute Gasteiger partial charge is 0.337 e. The second-order valence-electron chi connectivity index (χ2n) is 4.01. The number of amides is 2. The number of carbonyl (C=O) groups excluding carboxylic acids is 1. The summed E-state index contributed by atoms with van der Waals surface area (Å²) >= 11 is 5.73. The molecule has 0 unspecified atom stereocenters. The van der Waals surface area contributed by atoms with Gasteiger partial charge >= 0.3 is 6.03 Å². The van der Waals surface area contributed by atoms with Gasteiger partial charge in [-0.05, 0) is 30.7 Å². The number of hydrogen-bond donors (Lipinski definition) is 1. The fourth-order valence-corrected chi connectivity index (χ4v) is 2.91. The molecule has 1 N–H and O–H groups in total. The summed E-state index contributed by atoms with van der Waals surface area (Å²) in [7, 11) is -3.92. The quantitative estimate of drug-likeness (QED) is 0.820. The molecule has 0 radical (unpaired) electrons. The Morgan fingerprint density at radius 2 is 2.00 bits per heavy atom. The van der Waals surface area contributed by atoms with E-state index < -0.39 is 16.1 Å². The number of hydrogen-bond acceptors (Lipinski definition) is 3. The van der Waals surface area contributed by atoms with Crippen molar-refractivity contribution >= 4 is 27.7 Å². The summed E-state index contributed by atoms with van der Waals surface area (Å²) in [5, 5.41) is 2.96. The molecule has 0 atom stereocenters. The second kappa shape index (κ2) is 7.31. The number of rotatable bonds is 6. The van der Waals surface area contributed by atoms with Gasteiger partial charge < -0.3 is 5.32 Å². The molecule has 1 aromatic carbocycles. The SMILES string of the molecule is C=CCN(C(=O)NCCC)S(=O)(=O)c1ccc(Cl)cc1. The summed E-state index contributed by atoms with van der Waals surface area (Å²) in [5.41, 5.74) is 0. The third-order valence-electron chi connectivity index (χ3n) is 2.45. The summed E-state index contributed by atoms with van der Waals surface area (Å²) in [6.07, 6.45) is 2.08. The molecule has 1 rings (SSSR count). The van der Waals surface area contributed by atoms with Crippen molar-refractivity contribution in [2.24, 2.45) is 0 Å². The first-order chi connectivity index (χ1) is 9.43. The van der Waals surface area contributed by atoms with Gasteiger partial charge in [0.15, 0.2) is 0 Å². The molecule has 0 aromatic heterocycles. The number of nitrogens with one attached hydrogen (secondary N) is 1. The number of nitrogens with zero attached hydrogens (tertiary/aromatic N) is 1. The predicted molar refractivity (Wildman–Crippen MR) is 79.2 cm³/mol. The number of halogens is 1. The van der Waals surface area contributed by atoms with E-state index in [1.165, 1.54) is 30.3 Å². The maximum absolute atomic E-state index is 12.4. The summed E-state index contributed by atoms with van der Waals surface area (Å²) < 4.78 is 25.6. The van der Waals surface area contributed by atoms with E-state index in [-0.39, 0.29) is 11.4 Å². The Hall–Kier alpha value is -1.53. The van der Waals surface area contributed by atoms with E-state index in [1.54, 1.807) is 0 Å². The molecule has 0 saturated heterocycles. The van der Waals surface area contributed by atoms with Gasteiger partial charge in [0.05, 0.1) is 11.4 Å². The van der Waals surface area contributed by atoms with E-state index in [2.05, 4.69) is 11.9 Å². The average molecular weight is 317 g/mol. The Morgan fingerprint density at radius 3 is 2.50 bits per heavy atom. The minimum Gasteiger partial charge on any atom is -0.337 e. The number of sulfonamides is 1. The van der Waals surface area contributed by atoms with Gasteiger partial charge in [-0.25, -0.2) is 17.5 Å². The highest BCUT2D eigenvalue weighted by Gasteiger charge is 2.27. The van der Waals surface area contributed by atoms with Crippen LogP contribution in [0.25, 0.3) is 0 Å². The lowest BCUT2D eigenvalue weighted by atomic mass is 10.4. The fraction of sp³-hybridized carbons (Fsp3) is 0.308. The van der Waals surface area contributed by atoms with Crippen molar-refractivity contribution < 1.29 is 13.2 Å². The van der Waals surface area contributed by atoms with Crippen molar-refractivity contribution in [2.75, 3.05) is 13.1 Å². The molecule has 0 aliphatic heterocycles. The lowest BCUT2D eigenvalue weighted by Crippen LogP contribution is -2.44. The molecule has 2 amide bonds. The number of carbonyl (C=O) groups is 1. The van der Waals surface area contributed by atoms with Crippen molar-refractivity contribution in [1.82, 2.24) is 9.62 Å². The molecule has 0 saturated carbocycles. The van der Waals surface area contributed by atoms with Crippen molar-refractivity contribution in [3.05, 3.63) is 41.9 Å². The molecule has 0 heterocycles. The zero-order valence-corrected chi connectivity index (χ0v) is 12.7. The number of benzene rings is 1. The number of urea groups is 1. The molecule has 0 bridgehead atoms. The van der Waals surface area contributed by atoms with Gasteiger partial charge in [0.2, 0.25) is 0 Å². The molecule has 0 aliphatic carbocycles. The highest BCUT2D eigenvalue weighted by molar-refractivity contribution is 7.89. The maximum Gasteiger partial charge on any atom is 0.331 e. The first-order valence-electron chi connectivity index (χ1n) is 6.10. The average Bonchev–Trinajstić information content (AvgIpc) is 2.42. The van der Waals surface area contributed by atoms with Crippen LogP contribution >= 0.6 is 11.6 Å². The highest BCUT2D eigenvalue weighted by Crippen LogP contribution is 2.18. The Balaban J connectivity index is 3.08. The van der Waals surface area contributed by atoms with E-state index in [1.807, 2.05) is 6.92 Å². The van der Waals surface area contributed by atoms with Gasteiger partial charge in [0.1, 0.15) is 0 Å². The molecule has 7 heteroatoms. The van der Waals surface area contributed by atoms with E-state index >= 15 is 0 Å². The van der Waals surface area contributed by atoms with Crippen LogP contribution < -0.4 is 5.32 Å². The van der Waals surface area contributed by atoms with Crippen LogP contribution in [-0.4, -0.2) is 31.8 Å². The van der Waals surface area contributed by atoms with Crippen LogP contribution in [0.5, 0.6) is 0 Å². The zero-order chi connectivity index (χ0) is 15.2. The standard InChI is InChI=1S/C13H17ClN2O3S/c1-3-9-15-13(17)16(10-4-2)20(18,19)12-7-5-11(14)6-8-12/h4-8H,2-3,9-10H2,1H3,(H,15,17). The van der Waals surface area contributed by atoms with Gasteiger partial charge in [-0.2, -0.15) is 0 Å². The minimum absolute atomic E-state index is 0.00963. The van der Waals surface area contributed by atoms with Crippen LogP contribution in [0.2, 0.25) is 5.02 Å². The molecule has 0 fully saturated rings. The monoisotopic (exact) mass is 316 g/mol. The van der Waals surface area contributed by atoms with E-state index in [9.17, 15) is 13.2 Å². The van der Waals surface area contributed by atoms with Crippen LogP contribution in [0.3, 0.4) is 0 Å². The summed E-state index contributed by atoms with van der Waals surface area (Å²) in [4.78, 5) is 12.0. The molecule has 5 nitrogen and oxygen atoms in total. The zero-order valence-electron chi connectivity index (χ0n) is 11.2. The van der Waals surface area contributed by atoms with Gasteiger partial charge in [-0.15, -0.1) is 6.58 Å². The van der Waals surface area contributed by atoms with Crippen molar-refractivity contribution in [2.45, 2.75) is 18.2 Å². The van der Waals surface area contributed by atoms with Crippen LogP contribution in [0.1, 0.15) is 13.3 Å². The third-order valence-corrected chi connectivity index (χ3v) is 4.46. The Kier molecular flexibility index (Phi) is 6.04. The molecular weight excluding hydrogens is 300 g/mol. The fourth-order valence-electron chi connectivity index (χ4n) is 1.46. The first-order valence-corrected chi connectivity index (χ1v) is 7.92. The van der Waals surface area contributed by atoms with Crippen LogP contribution in [-0.2, 0) is 10.0 Å². The van der Waals surface area contributed by atoms with E-state index in [4.69, 9.17) is 11.6 Å². The Labute approximate surface area is 124 Å². The van der Waals surface area contributed by atoms with Crippen LogP contribution in [0.4, 0.5) is 4.79 Å². The third kappa shape index (κ3) is 3.98. The van der Waals surface area contributed by atoms with Crippen molar-refractivity contribution in [1.29, 1.82) is 0 Å².